The summed E-state index contributed by atoms with van der Waals surface area (Å²) in [4.78, 5) is 34.3. The molecule has 0 radical (unpaired) electrons. The fourth-order valence-corrected chi connectivity index (χ4v) is 2.72. The number of amides is 1. The molecule has 9 nitrogen and oxygen atoms in total. The van der Waals surface area contributed by atoms with E-state index < -0.39 is 23.4 Å². The maximum Gasteiger partial charge on any atom is 0.343 e. The number of nitro groups is 1. The van der Waals surface area contributed by atoms with Crippen LogP contribution in [0.2, 0.25) is 0 Å². The van der Waals surface area contributed by atoms with Crippen molar-refractivity contribution in [3.63, 3.8) is 0 Å². The lowest BCUT2D eigenvalue weighted by Gasteiger charge is -2.05. The number of hydrazone groups is 1. The highest BCUT2D eigenvalue weighted by molar-refractivity contribution is 9.10. The molecule has 0 bridgehead atoms. The van der Waals surface area contributed by atoms with E-state index in [0.717, 1.165) is 4.47 Å². The largest absolute Gasteiger partial charge is 0.477 e. The molecule has 0 aromatic heterocycles. The molecule has 0 aliphatic rings. The molecule has 0 heterocycles. The van der Waals surface area contributed by atoms with Gasteiger partial charge in [0.15, 0.2) is 12.4 Å². The van der Waals surface area contributed by atoms with Crippen molar-refractivity contribution in [1.82, 2.24) is 5.43 Å². The average Bonchev–Trinajstić information content (AvgIpc) is 2.79. The van der Waals surface area contributed by atoms with Crippen LogP contribution in [-0.4, -0.2) is 29.6 Å². The van der Waals surface area contributed by atoms with Crippen LogP contribution in [-0.2, 0) is 4.79 Å². The lowest BCUT2D eigenvalue weighted by atomic mass is 10.2. The number of ether oxygens (including phenoxy) is 2. The van der Waals surface area contributed by atoms with E-state index in [0.29, 0.717) is 16.9 Å². The zero-order valence-electron chi connectivity index (χ0n) is 16.4. The molecule has 3 aromatic rings. The molecule has 0 aliphatic carbocycles. The van der Waals surface area contributed by atoms with Gasteiger partial charge in [-0.15, -0.1) is 0 Å². The third-order valence-corrected chi connectivity index (χ3v) is 4.52. The van der Waals surface area contributed by atoms with Crippen LogP contribution in [0.25, 0.3) is 0 Å². The lowest BCUT2D eigenvalue weighted by molar-refractivity contribution is -0.385. The van der Waals surface area contributed by atoms with E-state index in [-0.39, 0.29) is 11.4 Å². The number of carbonyl (C=O) groups is 2. The first kappa shape index (κ1) is 22.6. The van der Waals surface area contributed by atoms with Crippen molar-refractivity contribution in [2.45, 2.75) is 0 Å². The number of para-hydroxylation sites is 2. The van der Waals surface area contributed by atoms with Gasteiger partial charge in [0.05, 0.1) is 16.7 Å². The molecule has 32 heavy (non-hydrogen) atoms. The van der Waals surface area contributed by atoms with Gasteiger partial charge in [0.2, 0.25) is 0 Å². The molecule has 10 heteroatoms. The van der Waals surface area contributed by atoms with E-state index in [1.807, 2.05) is 0 Å². The Balaban J connectivity index is 1.48. The van der Waals surface area contributed by atoms with Crippen molar-refractivity contribution in [1.29, 1.82) is 0 Å². The van der Waals surface area contributed by atoms with Crippen molar-refractivity contribution in [2.24, 2.45) is 5.10 Å². The van der Waals surface area contributed by atoms with Gasteiger partial charge < -0.3 is 9.47 Å². The van der Waals surface area contributed by atoms with Crippen molar-refractivity contribution in [3.8, 4) is 11.5 Å². The lowest BCUT2D eigenvalue weighted by Crippen LogP contribution is -2.24. The zero-order chi connectivity index (χ0) is 22.9. The van der Waals surface area contributed by atoms with Gasteiger partial charge in [-0.05, 0) is 60.2 Å². The Labute approximate surface area is 190 Å². The van der Waals surface area contributed by atoms with Crippen molar-refractivity contribution in [2.75, 3.05) is 6.61 Å². The highest BCUT2D eigenvalue weighted by Crippen LogP contribution is 2.25. The summed E-state index contributed by atoms with van der Waals surface area (Å²) in [5, 5.41) is 14.7. The van der Waals surface area contributed by atoms with E-state index in [2.05, 4.69) is 26.5 Å². The number of nitrogens with one attached hydrogen (secondary N) is 1. The number of nitrogens with zero attached hydrogens (tertiary/aromatic N) is 2. The molecule has 3 rings (SSSR count). The van der Waals surface area contributed by atoms with E-state index in [4.69, 9.17) is 9.47 Å². The van der Waals surface area contributed by atoms with E-state index in [1.165, 1.54) is 24.4 Å². The molecular formula is C22H16BrN3O6. The Morgan fingerprint density at radius 3 is 2.41 bits per heavy atom. The van der Waals surface area contributed by atoms with Crippen LogP contribution in [0, 0.1) is 10.1 Å². The highest BCUT2D eigenvalue weighted by Gasteiger charge is 2.14. The first-order valence-electron chi connectivity index (χ1n) is 9.18. The predicted molar refractivity (Wildman–Crippen MR) is 120 cm³/mol. The minimum Gasteiger partial charge on any atom is -0.477 e. The Bertz CT molecular complexity index is 1150. The second-order valence-electron chi connectivity index (χ2n) is 6.27. The van der Waals surface area contributed by atoms with E-state index in [9.17, 15) is 19.7 Å². The zero-order valence-corrected chi connectivity index (χ0v) is 18.0. The molecule has 0 fully saturated rings. The molecule has 3 aromatic carbocycles. The molecule has 0 spiro atoms. The summed E-state index contributed by atoms with van der Waals surface area (Å²) < 4.78 is 11.3. The van der Waals surface area contributed by atoms with Crippen LogP contribution in [0.5, 0.6) is 11.5 Å². The average molecular weight is 498 g/mol. The normalized spacial score (nSPS) is 10.5. The summed E-state index contributed by atoms with van der Waals surface area (Å²) >= 11 is 3.30. The topological polar surface area (TPSA) is 120 Å². The Morgan fingerprint density at radius 1 is 1.03 bits per heavy atom. The minimum atomic E-state index is -0.592. The maximum absolute atomic E-state index is 12.1. The first-order chi connectivity index (χ1) is 15.4. The Morgan fingerprint density at radius 2 is 1.72 bits per heavy atom. The first-order valence-corrected chi connectivity index (χ1v) is 9.97. The molecule has 0 atom stereocenters. The van der Waals surface area contributed by atoms with Crippen molar-refractivity contribution in [3.05, 3.63) is 98.5 Å². The number of carbonyl (C=O) groups excluding carboxylic acids is 2. The highest BCUT2D eigenvalue weighted by atomic mass is 79.9. The van der Waals surface area contributed by atoms with Gasteiger partial charge in [-0.3, -0.25) is 14.9 Å². The van der Waals surface area contributed by atoms with Gasteiger partial charge in [-0.1, -0.05) is 28.1 Å². The van der Waals surface area contributed by atoms with Crippen LogP contribution in [0.15, 0.2) is 82.4 Å². The third kappa shape index (κ3) is 6.47. The molecule has 0 saturated carbocycles. The minimum absolute atomic E-state index is 0.00935. The standard InChI is InChI=1S/C22H16BrN3O6/c23-17-9-7-16(8-10-17)22(28)32-18-11-5-15(6-12-18)13-24-25-21(27)14-31-20-4-2-1-3-19(20)26(29)30/h1-13H,14H2,(H,25,27)/b24-13+. The van der Waals surface area contributed by atoms with Crippen molar-refractivity contribution >= 4 is 39.7 Å². The van der Waals surface area contributed by atoms with E-state index in [1.54, 1.807) is 54.6 Å². The van der Waals surface area contributed by atoms with Gasteiger partial charge in [0.1, 0.15) is 5.75 Å². The second kappa shape index (κ2) is 10.8. The summed E-state index contributed by atoms with van der Waals surface area (Å²) in [6, 6.07) is 19.0. The fourth-order valence-electron chi connectivity index (χ4n) is 2.46. The summed E-state index contributed by atoms with van der Waals surface area (Å²) in [5.74, 6) is -0.717. The molecule has 1 N–H and O–H groups in total. The third-order valence-electron chi connectivity index (χ3n) is 3.99. The van der Waals surface area contributed by atoms with Crippen LogP contribution >= 0.6 is 15.9 Å². The summed E-state index contributed by atoms with van der Waals surface area (Å²) in [5.41, 5.74) is 3.11. The van der Waals surface area contributed by atoms with Crippen molar-refractivity contribution < 1.29 is 24.0 Å². The maximum atomic E-state index is 12.1. The number of nitro benzene ring substituents is 1. The number of benzene rings is 3. The van der Waals surface area contributed by atoms with Gasteiger partial charge >= 0.3 is 11.7 Å². The van der Waals surface area contributed by atoms with Crippen LogP contribution in [0.4, 0.5) is 5.69 Å². The molecule has 0 saturated heterocycles. The van der Waals surface area contributed by atoms with Crippen LogP contribution in [0.3, 0.4) is 0 Å². The number of hydrogen-bond donors (Lipinski definition) is 1. The number of esters is 1. The number of rotatable bonds is 8. The second-order valence-corrected chi connectivity index (χ2v) is 7.19. The molecular weight excluding hydrogens is 482 g/mol. The van der Waals surface area contributed by atoms with Crippen LogP contribution in [0.1, 0.15) is 15.9 Å². The monoisotopic (exact) mass is 497 g/mol. The fraction of sp³-hybridized carbons (Fsp3) is 0.0455. The SMILES string of the molecule is O=C(COc1ccccc1[N+](=O)[O-])N/N=C/c1ccc(OC(=O)c2ccc(Br)cc2)cc1. The predicted octanol–water partition coefficient (Wildman–Crippen LogP) is 4.11. The Kier molecular flexibility index (Phi) is 7.65. The van der Waals surface area contributed by atoms with Gasteiger partial charge in [-0.25, -0.2) is 10.2 Å². The molecule has 162 valence electrons. The van der Waals surface area contributed by atoms with Gasteiger partial charge in [0.25, 0.3) is 5.91 Å². The molecule has 1 amide bonds. The molecule has 0 unspecified atom stereocenters. The number of halogens is 1. The Hall–Kier alpha value is -4.05. The number of hydrogen-bond acceptors (Lipinski definition) is 7. The summed E-state index contributed by atoms with van der Waals surface area (Å²) in [6.07, 6.45) is 1.39. The quantitative estimate of drug-likeness (QED) is 0.164. The summed E-state index contributed by atoms with van der Waals surface area (Å²) in [7, 11) is 0. The van der Waals surface area contributed by atoms with Crippen LogP contribution < -0.4 is 14.9 Å². The van der Waals surface area contributed by atoms with E-state index >= 15 is 0 Å². The van der Waals surface area contributed by atoms with Gasteiger partial charge in [-0.2, -0.15) is 5.10 Å². The summed E-state index contributed by atoms with van der Waals surface area (Å²) in [6.45, 7) is -0.437. The molecule has 0 aliphatic heterocycles. The smallest absolute Gasteiger partial charge is 0.343 e. The van der Waals surface area contributed by atoms with Gasteiger partial charge in [0, 0.05) is 10.5 Å².